The third kappa shape index (κ3) is 3.96. The van der Waals surface area contributed by atoms with Gasteiger partial charge in [0.1, 0.15) is 0 Å². The lowest BCUT2D eigenvalue weighted by atomic mass is 10.7. The Labute approximate surface area is 57.0 Å². The maximum Gasteiger partial charge on any atom is 0.332 e. The average Bonchev–Trinajstić information content (AvgIpc) is 1.65. The van der Waals surface area contributed by atoms with E-state index in [1.54, 1.807) is 0 Å². The normalized spacial score (nSPS) is 8.88. The maximum absolute atomic E-state index is 10.1. The smallest absolute Gasteiger partial charge is 0.332 e. The highest BCUT2D eigenvalue weighted by molar-refractivity contribution is 6.43. The van der Waals surface area contributed by atoms with E-state index in [1.807, 2.05) is 0 Å². The van der Waals surface area contributed by atoms with Gasteiger partial charge in [-0.2, -0.15) is 0 Å². The first kappa shape index (κ1) is 7.79. The fraction of sp³-hybridized carbons (Fsp3) is 0.250. The summed E-state index contributed by atoms with van der Waals surface area (Å²) in [6.07, 6.45) is 0.984. The Kier molecular flexibility index (Phi) is 3.65. The molecule has 0 aliphatic carbocycles. The first-order chi connectivity index (χ1) is 3.66. The Morgan fingerprint density at radius 2 is 2.25 bits per heavy atom. The van der Waals surface area contributed by atoms with Gasteiger partial charge >= 0.3 is 5.97 Å². The predicted octanol–water partition coefficient (Wildman–Crippen LogP) is 1.48. The number of carbonyl (C=O) groups excluding carboxylic acids is 1. The summed E-state index contributed by atoms with van der Waals surface area (Å²) in [7, 11) is 0. The van der Waals surface area contributed by atoms with E-state index in [-0.39, 0.29) is 0 Å². The van der Waals surface area contributed by atoms with Crippen LogP contribution in [0.2, 0.25) is 0 Å². The van der Waals surface area contributed by atoms with E-state index in [9.17, 15) is 4.79 Å². The largest absolute Gasteiger partial charge is 0.428 e. The molecule has 0 saturated carbocycles. The van der Waals surface area contributed by atoms with Crippen LogP contribution < -0.4 is 0 Å². The van der Waals surface area contributed by atoms with Crippen molar-refractivity contribution in [3.8, 4) is 0 Å². The van der Waals surface area contributed by atoms with Gasteiger partial charge in [-0.3, -0.25) is 0 Å². The molecule has 0 heterocycles. The highest BCUT2D eigenvalue weighted by atomic mass is 35.5. The van der Waals surface area contributed by atoms with E-state index in [2.05, 4.69) is 11.3 Å². The van der Waals surface area contributed by atoms with Crippen molar-refractivity contribution in [1.29, 1.82) is 0 Å². The molecule has 0 aromatic rings. The molecule has 0 saturated heterocycles. The number of halogens is 2. The van der Waals surface area contributed by atoms with Crippen LogP contribution in [-0.2, 0) is 9.53 Å². The molecule has 8 heavy (non-hydrogen) atoms. The summed E-state index contributed by atoms with van der Waals surface area (Å²) in [6.45, 7) is 3.12. The van der Waals surface area contributed by atoms with Gasteiger partial charge in [-0.25, -0.2) is 4.79 Å². The summed E-state index contributed by atoms with van der Waals surface area (Å²) in [5.74, 6) is -0.625. The lowest BCUT2D eigenvalue weighted by Gasteiger charge is -1.97. The van der Waals surface area contributed by atoms with Gasteiger partial charge in [0, 0.05) is 6.08 Å². The minimum absolute atomic E-state index is 0.625. The van der Waals surface area contributed by atoms with Crippen LogP contribution in [0.25, 0.3) is 0 Å². The molecular weight excluding hydrogens is 151 g/mol. The van der Waals surface area contributed by atoms with Crippen molar-refractivity contribution in [3.63, 3.8) is 0 Å². The number of carbonyl (C=O) groups is 1. The van der Waals surface area contributed by atoms with Crippen molar-refractivity contribution >= 4 is 29.2 Å². The van der Waals surface area contributed by atoms with E-state index < -0.39 is 11.0 Å². The van der Waals surface area contributed by atoms with Gasteiger partial charge in [-0.15, -0.1) is 0 Å². The molecule has 0 unspecified atom stereocenters. The van der Waals surface area contributed by atoms with E-state index in [0.29, 0.717) is 0 Å². The second kappa shape index (κ2) is 3.75. The Bertz CT molecular complexity index is 100. The van der Waals surface area contributed by atoms with E-state index in [0.717, 1.165) is 6.08 Å². The van der Waals surface area contributed by atoms with Gasteiger partial charge in [-0.05, 0) is 0 Å². The van der Waals surface area contributed by atoms with E-state index in [4.69, 9.17) is 23.2 Å². The molecular formula is C4H4Cl2O2. The number of alkyl halides is 2. The molecule has 0 N–H and O–H groups in total. The number of hydrogen-bond acceptors (Lipinski definition) is 2. The number of ether oxygens (including phenoxy) is 1. The lowest BCUT2D eigenvalue weighted by molar-refractivity contribution is -0.137. The third-order valence-corrected chi connectivity index (χ3v) is 0.550. The van der Waals surface area contributed by atoms with Gasteiger partial charge in [0.05, 0.1) is 0 Å². The summed E-state index contributed by atoms with van der Waals surface area (Å²) >= 11 is 10.1. The first-order valence-electron chi connectivity index (χ1n) is 1.78. The summed E-state index contributed by atoms with van der Waals surface area (Å²) in [5.41, 5.74) is 0. The standard InChI is InChI=1S/C4H4Cl2O2/c1-2-3(7)8-4(5)6/h2,4H,1H2. The maximum atomic E-state index is 10.1. The Balaban J connectivity index is 3.39. The molecule has 46 valence electrons. The van der Waals surface area contributed by atoms with Gasteiger partial charge in [0.25, 0.3) is 5.02 Å². The highest BCUT2D eigenvalue weighted by Gasteiger charge is 2.00. The zero-order valence-electron chi connectivity index (χ0n) is 3.93. The SMILES string of the molecule is C=CC(=O)OC(Cl)Cl. The zero-order valence-corrected chi connectivity index (χ0v) is 5.45. The molecule has 0 fully saturated rings. The Morgan fingerprint density at radius 3 is 2.38 bits per heavy atom. The van der Waals surface area contributed by atoms with Crippen LogP contribution in [0.1, 0.15) is 0 Å². The molecule has 0 radical (unpaired) electrons. The Hall–Kier alpha value is -0.210. The fourth-order valence-electron chi connectivity index (χ4n) is 0.136. The zero-order chi connectivity index (χ0) is 6.57. The third-order valence-electron chi connectivity index (χ3n) is 0.372. The molecule has 0 atom stereocenters. The number of rotatable bonds is 2. The second-order valence-electron chi connectivity index (χ2n) is 0.902. The van der Waals surface area contributed by atoms with Crippen LogP contribution in [0.3, 0.4) is 0 Å². The van der Waals surface area contributed by atoms with E-state index in [1.165, 1.54) is 0 Å². The van der Waals surface area contributed by atoms with Crippen LogP contribution >= 0.6 is 23.2 Å². The summed E-state index contributed by atoms with van der Waals surface area (Å²) in [6, 6.07) is 0. The van der Waals surface area contributed by atoms with Gasteiger partial charge in [0.15, 0.2) is 0 Å². The lowest BCUT2D eigenvalue weighted by Crippen LogP contribution is -2.02. The number of esters is 1. The summed E-state index contributed by atoms with van der Waals surface area (Å²) in [4.78, 5) is 10.1. The van der Waals surface area contributed by atoms with E-state index >= 15 is 0 Å². The van der Waals surface area contributed by atoms with Crippen molar-refractivity contribution in [2.45, 2.75) is 5.02 Å². The molecule has 0 aliphatic heterocycles. The first-order valence-corrected chi connectivity index (χ1v) is 2.65. The van der Waals surface area contributed by atoms with Crippen molar-refractivity contribution in [2.75, 3.05) is 0 Å². The second-order valence-corrected chi connectivity index (χ2v) is 1.92. The molecule has 0 aromatic heterocycles. The van der Waals surface area contributed by atoms with Crippen molar-refractivity contribution in [2.24, 2.45) is 0 Å². The fourth-order valence-corrected chi connectivity index (χ4v) is 0.312. The number of hydrogen-bond donors (Lipinski definition) is 0. The highest BCUT2D eigenvalue weighted by Crippen LogP contribution is 2.02. The van der Waals surface area contributed by atoms with Gasteiger partial charge in [-0.1, -0.05) is 29.8 Å². The van der Waals surface area contributed by atoms with Crippen LogP contribution in [0.4, 0.5) is 0 Å². The molecule has 0 spiro atoms. The van der Waals surface area contributed by atoms with Crippen LogP contribution in [-0.4, -0.2) is 11.0 Å². The summed E-state index contributed by atoms with van der Waals surface area (Å²) < 4.78 is 4.17. The van der Waals surface area contributed by atoms with Crippen molar-refractivity contribution in [1.82, 2.24) is 0 Å². The van der Waals surface area contributed by atoms with Gasteiger partial charge in [0.2, 0.25) is 0 Å². The molecule has 0 aliphatic rings. The van der Waals surface area contributed by atoms with Crippen molar-refractivity contribution in [3.05, 3.63) is 12.7 Å². The molecule has 4 heteroatoms. The summed E-state index contributed by atoms with van der Waals surface area (Å²) in [5, 5.41) is -1.10. The van der Waals surface area contributed by atoms with Crippen LogP contribution in [0.5, 0.6) is 0 Å². The monoisotopic (exact) mass is 154 g/mol. The average molecular weight is 155 g/mol. The van der Waals surface area contributed by atoms with Gasteiger partial charge < -0.3 is 4.74 Å². The Morgan fingerprint density at radius 1 is 1.75 bits per heavy atom. The molecule has 0 aromatic carbocycles. The molecule has 2 nitrogen and oxygen atoms in total. The van der Waals surface area contributed by atoms with Crippen molar-refractivity contribution < 1.29 is 9.53 Å². The van der Waals surface area contributed by atoms with Crippen LogP contribution in [0, 0.1) is 0 Å². The minimum Gasteiger partial charge on any atom is -0.428 e. The quantitative estimate of drug-likeness (QED) is 0.343. The molecule has 0 amide bonds. The predicted molar refractivity (Wildman–Crippen MR) is 31.8 cm³/mol. The molecule has 0 rings (SSSR count). The minimum atomic E-state index is -1.10. The van der Waals surface area contributed by atoms with Crippen LogP contribution in [0.15, 0.2) is 12.7 Å². The topological polar surface area (TPSA) is 26.3 Å². The molecule has 0 bridgehead atoms.